The fourth-order valence-electron chi connectivity index (χ4n) is 3.56. The van der Waals surface area contributed by atoms with Gasteiger partial charge in [-0.2, -0.15) is 0 Å². The first-order valence-corrected chi connectivity index (χ1v) is 10.8. The van der Waals surface area contributed by atoms with Crippen molar-refractivity contribution >= 4 is 11.8 Å². The summed E-state index contributed by atoms with van der Waals surface area (Å²) in [7, 11) is 3.40. The van der Waals surface area contributed by atoms with Gasteiger partial charge >= 0.3 is 5.97 Å². The van der Waals surface area contributed by atoms with Gasteiger partial charge in [0.25, 0.3) is 0 Å². The van der Waals surface area contributed by atoms with Crippen LogP contribution < -0.4 is 16.0 Å². The molecule has 0 bridgehead atoms. The molecule has 8 nitrogen and oxygen atoms in total. The third-order valence-corrected chi connectivity index (χ3v) is 5.40. The monoisotopic (exact) mass is 419 g/mol. The van der Waals surface area contributed by atoms with Crippen molar-refractivity contribution in [2.24, 2.45) is 0 Å². The number of ether oxygens (including phenoxy) is 1. The van der Waals surface area contributed by atoms with Gasteiger partial charge in [-0.15, -0.1) is 0 Å². The summed E-state index contributed by atoms with van der Waals surface area (Å²) in [6.45, 7) is 7.78. The lowest BCUT2D eigenvalue weighted by Crippen LogP contribution is -2.42. The average Bonchev–Trinajstić information content (AvgIpc) is 2.76. The van der Waals surface area contributed by atoms with Crippen LogP contribution in [0.2, 0.25) is 0 Å². The van der Waals surface area contributed by atoms with Crippen LogP contribution in [0.5, 0.6) is 0 Å². The molecular weight excluding hydrogens is 382 g/mol. The molecule has 1 aliphatic rings. The number of pyridine rings is 1. The SMILES string of the molecule is C=C(NC)NC(CCN(CCCCc1ccc2c(n1)NCCC2)CCOC)C(=O)O. The van der Waals surface area contributed by atoms with Crippen LogP contribution in [0.4, 0.5) is 5.82 Å². The van der Waals surface area contributed by atoms with Gasteiger partial charge in [-0.3, -0.25) is 0 Å². The van der Waals surface area contributed by atoms with Gasteiger partial charge in [0.05, 0.1) is 12.4 Å². The molecule has 0 saturated heterocycles. The van der Waals surface area contributed by atoms with Crippen molar-refractivity contribution in [3.63, 3.8) is 0 Å². The van der Waals surface area contributed by atoms with Gasteiger partial charge in [0.15, 0.2) is 0 Å². The lowest BCUT2D eigenvalue weighted by molar-refractivity contribution is -0.139. The van der Waals surface area contributed by atoms with Crippen LogP contribution in [0.1, 0.15) is 36.9 Å². The molecule has 0 amide bonds. The molecule has 0 aromatic carbocycles. The number of methoxy groups -OCH3 is 1. The largest absolute Gasteiger partial charge is 0.480 e. The van der Waals surface area contributed by atoms with Gasteiger partial charge in [0.2, 0.25) is 0 Å². The first-order valence-electron chi connectivity index (χ1n) is 10.8. The minimum Gasteiger partial charge on any atom is -0.480 e. The third kappa shape index (κ3) is 8.20. The van der Waals surface area contributed by atoms with Gasteiger partial charge in [-0.1, -0.05) is 12.6 Å². The number of hydrogen-bond donors (Lipinski definition) is 4. The Labute approximate surface area is 180 Å². The predicted molar refractivity (Wildman–Crippen MR) is 120 cm³/mol. The second-order valence-corrected chi connectivity index (χ2v) is 7.68. The van der Waals surface area contributed by atoms with Gasteiger partial charge in [0, 0.05) is 39.5 Å². The Morgan fingerprint density at radius 1 is 1.37 bits per heavy atom. The number of aromatic nitrogens is 1. The van der Waals surface area contributed by atoms with Crippen LogP contribution in [0, 0.1) is 0 Å². The fraction of sp³-hybridized carbons (Fsp3) is 0.636. The topological polar surface area (TPSA) is 98.8 Å². The van der Waals surface area contributed by atoms with Crippen molar-refractivity contribution in [2.75, 3.05) is 52.3 Å². The number of unbranched alkanes of at least 4 members (excludes halogenated alkanes) is 1. The van der Waals surface area contributed by atoms with Crippen LogP contribution in [0.15, 0.2) is 24.5 Å². The first kappa shape index (κ1) is 24.0. The maximum Gasteiger partial charge on any atom is 0.326 e. The number of anilines is 1. The first-order chi connectivity index (χ1) is 14.5. The van der Waals surface area contributed by atoms with Crippen LogP contribution in [-0.2, 0) is 22.4 Å². The molecule has 0 aliphatic carbocycles. The summed E-state index contributed by atoms with van der Waals surface area (Å²) < 4.78 is 5.22. The van der Waals surface area contributed by atoms with E-state index in [-0.39, 0.29) is 0 Å². The Morgan fingerprint density at radius 2 is 2.20 bits per heavy atom. The van der Waals surface area contributed by atoms with Crippen LogP contribution in [0.25, 0.3) is 0 Å². The molecule has 30 heavy (non-hydrogen) atoms. The van der Waals surface area contributed by atoms with Crippen molar-refractivity contribution < 1.29 is 14.6 Å². The number of rotatable bonds is 15. The number of aliphatic carboxylic acids is 1. The van der Waals surface area contributed by atoms with Crippen molar-refractivity contribution in [2.45, 2.75) is 44.6 Å². The smallest absolute Gasteiger partial charge is 0.326 e. The van der Waals surface area contributed by atoms with Crippen LogP contribution >= 0.6 is 0 Å². The number of carboxylic acid groups (broad SMARTS) is 1. The zero-order chi connectivity index (χ0) is 21.8. The summed E-state index contributed by atoms with van der Waals surface area (Å²) in [5.41, 5.74) is 2.45. The molecule has 2 rings (SSSR count). The molecule has 1 atom stereocenters. The molecule has 4 N–H and O–H groups in total. The minimum atomic E-state index is -0.870. The summed E-state index contributed by atoms with van der Waals surface area (Å²) in [6, 6.07) is 3.68. The summed E-state index contributed by atoms with van der Waals surface area (Å²) in [5.74, 6) is 0.693. The third-order valence-electron chi connectivity index (χ3n) is 5.40. The second-order valence-electron chi connectivity index (χ2n) is 7.68. The molecular formula is C22H37N5O3. The number of carbonyl (C=O) groups is 1. The number of nitrogens with zero attached hydrogens (tertiary/aromatic N) is 2. The molecule has 0 fully saturated rings. The Morgan fingerprint density at radius 3 is 2.93 bits per heavy atom. The van der Waals surface area contributed by atoms with E-state index >= 15 is 0 Å². The van der Waals surface area contributed by atoms with Gasteiger partial charge < -0.3 is 30.7 Å². The highest BCUT2D eigenvalue weighted by Gasteiger charge is 2.19. The van der Waals surface area contributed by atoms with E-state index < -0.39 is 12.0 Å². The molecule has 1 aliphatic heterocycles. The standard InChI is InChI=1S/C22H37N5O3/c1-17(23-2)25-20(22(28)29)11-14-27(15-16-30-3)13-5-4-8-19-10-9-18-7-6-12-24-21(18)26-19/h9-10,20,23,25H,1,4-8,11-16H2,2-3H3,(H,24,26)(H,28,29). The van der Waals surface area contributed by atoms with Gasteiger partial charge in [-0.05, 0) is 56.7 Å². The van der Waals surface area contributed by atoms with E-state index in [0.29, 0.717) is 25.4 Å². The van der Waals surface area contributed by atoms with E-state index in [1.165, 1.54) is 12.0 Å². The average molecular weight is 420 g/mol. The van der Waals surface area contributed by atoms with E-state index in [2.05, 4.69) is 39.6 Å². The van der Waals surface area contributed by atoms with Crippen LogP contribution in [-0.4, -0.2) is 73.9 Å². The summed E-state index contributed by atoms with van der Waals surface area (Å²) in [6.07, 6.45) is 5.81. The Bertz CT molecular complexity index is 683. The predicted octanol–water partition coefficient (Wildman–Crippen LogP) is 1.83. The van der Waals surface area contributed by atoms with E-state index in [4.69, 9.17) is 9.72 Å². The maximum absolute atomic E-state index is 11.5. The second kappa shape index (κ2) is 13.1. The van der Waals surface area contributed by atoms with E-state index in [1.807, 2.05) is 0 Å². The highest BCUT2D eigenvalue weighted by molar-refractivity contribution is 5.73. The molecule has 2 heterocycles. The van der Waals surface area contributed by atoms with Crippen molar-refractivity contribution in [3.8, 4) is 0 Å². The molecule has 0 radical (unpaired) electrons. The fourth-order valence-corrected chi connectivity index (χ4v) is 3.56. The highest BCUT2D eigenvalue weighted by atomic mass is 16.5. The Balaban J connectivity index is 1.78. The summed E-state index contributed by atoms with van der Waals surface area (Å²) >= 11 is 0. The van der Waals surface area contributed by atoms with E-state index in [0.717, 1.165) is 56.8 Å². The summed E-state index contributed by atoms with van der Waals surface area (Å²) in [4.78, 5) is 18.5. The minimum absolute atomic E-state index is 0.498. The van der Waals surface area contributed by atoms with Crippen molar-refractivity contribution in [1.29, 1.82) is 0 Å². The highest BCUT2D eigenvalue weighted by Crippen LogP contribution is 2.20. The van der Waals surface area contributed by atoms with Crippen molar-refractivity contribution in [1.82, 2.24) is 20.5 Å². The molecule has 1 unspecified atom stereocenters. The molecule has 1 aromatic heterocycles. The number of hydrogen-bond acceptors (Lipinski definition) is 7. The van der Waals surface area contributed by atoms with E-state index in [9.17, 15) is 9.90 Å². The zero-order valence-electron chi connectivity index (χ0n) is 18.4. The number of fused-ring (bicyclic) bond motifs is 1. The van der Waals surface area contributed by atoms with Crippen molar-refractivity contribution in [3.05, 3.63) is 35.8 Å². The van der Waals surface area contributed by atoms with Gasteiger partial charge in [0.1, 0.15) is 11.9 Å². The quantitative estimate of drug-likeness (QED) is 0.320. The number of carboxylic acids is 1. The lowest BCUT2D eigenvalue weighted by atomic mass is 10.1. The normalized spacial score (nSPS) is 14.0. The lowest BCUT2D eigenvalue weighted by Gasteiger charge is -2.25. The molecule has 0 spiro atoms. The summed E-state index contributed by atoms with van der Waals surface area (Å²) in [5, 5.41) is 18.6. The number of nitrogens with one attached hydrogen (secondary N) is 3. The zero-order valence-corrected chi connectivity index (χ0v) is 18.4. The molecule has 0 saturated carbocycles. The molecule has 168 valence electrons. The molecule has 8 heteroatoms. The Hall–Kier alpha value is -2.32. The maximum atomic E-state index is 11.5. The van der Waals surface area contributed by atoms with Crippen LogP contribution in [0.3, 0.4) is 0 Å². The van der Waals surface area contributed by atoms with E-state index in [1.54, 1.807) is 14.2 Å². The molecule has 1 aromatic rings. The van der Waals surface area contributed by atoms with Gasteiger partial charge in [-0.25, -0.2) is 9.78 Å². The Kier molecular flexibility index (Phi) is 10.4. The number of aryl methyl sites for hydroxylation is 2.